The topological polar surface area (TPSA) is 56.3 Å². The Morgan fingerprint density at radius 1 is 1.14 bits per heavy atom. The predicted molar refractivity (Wildman–Crippen MR) is 85.3 cm³/mol. The summed E-state index contributed by atoms with van der Waals surface area (Å²) < 4.78 is 10.5. The van der Waals surface area contributed by atoms with Gasteiger partial charge in [-0.2, -0.15) is 0 Å². The first kappa shape index (κ1) is 15.6. The van der Waals surface area contributed by atoms with E-state index in [1.54, 1.807) is 25.6 Å². The molecule has 0 bridgehead atoms. The first-order chi connectivity index (χ1) is 10.1. The zero-order chi connectivity index (χ0) is 15.2. The van der Waals surface area contributed by atoms with Gasteiger partial charge in [-0.3, -0.25) is 0 Å². The minimum Gasteiger partial charge on any atom is -0.493 e. The molecule has 0 unspecified atom stereocenters. The lowest BCUT2D eigenvalue weighted by Gasteiger charge is -2.09. The number of nitrogens with zero attached hydrogens (tertiary/aromatic N) is 2. The van der Waals surface area contributed by atoms with E-state index < -0.39 is 0 Å². The van der Waals surface area contributed by atoms with Gasteiger partial charge < -0.3 is 14.8 Å². The summed E-state index contributed by atoms with van der Waals surface area (Å²) in [5, 5.41) is 13.6. The van der Waals surface area contributed by atoms with Crippen molar-refractivity contribution in [3.8, 4) is 11.5 Å². The fraction of sp³-hybridized carbons (Fsp3) is 0.467. The number of benzene rings is 1. The number of nitrogens with one attached hydrogen (secondary N) is 1. The highest BCUT2D eigenvalue weighted by molar-refractivity contribution is 7.15. The normalized spacial score (nSPS) is 10.7. The van der Waals surface area contributed by atoms with E-state index in [0.717, 1.165) is 33.6 Å². The van der Waals surface area contributed by atoms with Crippen molar-refractivity contribution in [3.05, 3.63) is 28.8 Å². The van der Waals surface area contributed by atoms with E-state index in [4.69, 9.17) is 9.47 Å². The second-order valence-corrected chi connectivity index (χ2v) is 6.20. The maximum atomic E-state index is 5.30. The molecular formula is C15H21N3O2S. The molecule has 0 atom stereocenters. The van der Waals surface area contributed by atoms with Crippen LogP contribution in [0.5, 0.6) is 11.5 Å². The third-order valence-electron chi connectivity index (χ3n) is 2.94. The maximum Gasteiger partial charge on any atom is 0.205 e. The van der Waals surface area contributed by atoms with Gasteiger partial charge in [0.25, 0.3) is 0 Å². The number of hydrogen-bond acceptors (Lipinski definition) is 6. The van der Waals surface area contributed by atoms with Gasteiger partial charge in [0.15, 0.2) is 11.5 Å². The third kappa shape index (κ3) is 4.32. The molecule has 2 rings (SSSR count). The summed E-state index contributed by atoms with van der Waals surface area (Å²) in [6, 6.07) is 5.87. The summed E-state index contributed by atoms with van der Waals surface area (Å²) in [5.74, 6) is 2.06. The average Bonchev–Trinajstić information content (AvgIpc) is 2.91. The van der Waals surface area contributed by atoms with Crippen LogP contribution in [-0.4, -0.2) is 24.4 Å². The molecule has 6 heteroatoms. The van der Waals surface area contributed by atoms with Gasteiger partial charge in [0.2, 0.25) is 5.13 Å². The smallest absolute Gasteiger partial charge is 0.205 e. The maximum absolute atomic E-state index is 5.30. The molecule has 21 heavy (non-hydrogen) atoms. The van der Waals surface area contributed by atoms with E-state index in [9.17, 15) is 0 Å². The highest BCUT2D eigenvalue weighted by Crippen LogP contribution is 2.28. The summed E-state index contributed by atoms with van der Waals surface area (Å²) in [7, 11) is 3.27. The molecule has 0 spiro atoms. The molecule has 0 aliphatic rings. The quantitative estimate of drug-likeness (QED) is 0.850. The zero-order valence-electron chi connectivity index (χ0n) is 12.8. The van der Waals surface area contributed by atoms with E-state index in [0.29, 0.717) is 12.5 Å². The van der Waals surface area contributed by atoms with Crippen LogP contribution >= 0.6 is 11.3 Å². The molecule has 1 aromatic carbocycles. The van der Waals surface area contributed by atoms with Crippen LogP contribution < -0.4 is 14.8 Å². The number of ether oxygens (including phenoxy) is 2. The molecular weight excluding hydrogens is 286 g/mol. The van der Waals surface area contributed by atoms with Crippen molar-refractivity contribution >= 4 is 16.5 Å². The Labute approximate surface area is 129 Å². The first-order valence-electron chi connectivity index (χ1n) is 6.89. The van der Waals surface area contributed by atoms with Crippen LogP contribution in [0.4, 0.5) is 5.13 Å². The highest BCUT2D eigenvalue weighted by Gasteiger charge is 2.07. The fourth-order valence-electron chi connectivity index (χ4n) is 1.93. The number of rotatable bonds is 7. The van der Waals surface area contributed by atoms with Crippen LogP contribution in [-0.2, 0) is 13.0 Å². The van der Waals surface area contributed by atoms with E-state index in [2.05, 4.69) is 29.4 Å². The van der Waals surface area contributed by atoms with E-state index >= 15 is 0 Å². The molecule has 1 heterocycles. The van der Waals surface area contributed by atoms with Gasteiger partial charge in [-0.05, 0) is 23.6 Å². The van der Waals surface area contributed by atoms with Crippen molar-refractivity contribution in [2.24, 2.45) is 5.92 Å². The zero-order valence-corrected chi connectivity index (χ0v) is 13.7. The molecule has 2 aromatic rings. The van der Waals surface area contributed by atoms with Gasteiger partial charge in [-0.1, -0.05) is 31.3 Å². The molecule has 0 aliphatic heterocycles. The Kier molecular flexibility index (Phi) is 5.38. The molecule has 1 aromatic heterocycles. The van der Waals surface area contributed by atoms with Gasteiger partial charge in [-0.15, -0.1) is 10.2 Å². The van der Waals surface area contributed by atoms with E-state index in [1.807, 2.05) is 18.2 Å². The SMILES string of the molecule is COc1ccc(CNc2nnc(CC(C)C)s2)cc1OC. The Bertz CT molecular complexity index is 584. The molecule has 114 valence electrons. The summed E-state index contributed by atoms with van der Waals surface area (Å²) >= 11 is 1.61. The lowest BCUT2D eigenvalue weighted by molar-refractivity contribution is 0.354. The molecule has 0 saturated heterocycles. The number of aromatic nitrogens is 2. The second-order valence-electron chi connectivity index (χ2n) is 5.14. The number of anilines is 1. The van der Waals surface area contributed by atoms with Crippen molar-refractivity contribution in [2.45, 2.75) is 26.8 Å². The number of methoxy groups -OCH3 is 2. The van der Waals surface area contributed by atoms with E-state index in [-0.39, 0.29) is 0 Å². The van der Waals surface area contributed by atoms with Crippen molar-refractivity contribution in [1.29, 1.82) is 0 Å². The molecule has 5 nitrogen and oxygen atoms in total. The molecule has 0 amide bonds. The minimum atomic E-state index is 0.594. The Hall–Kier alpha value is -1.82. The second kappa shape index (κ2) is 7.26. The lowest BCUT2D eigenvalue weighted by Crippen LogP contribution is -2.00. The lowest BCUT2D eigenvalue weighted by atomic mass is 10.1. The van der Waals surface area contributed by atoms with Crippen molar-refractivity contribution in [3.63, 3.8) is 0 Å². The molecule has 0 radical (unpaired) electrons. The Morgan fingerprint density at radius 2 is 1.90 bits per heavy atom. The monoisotopic (exact) mass is 307 g/mol. The third-order valence-corrected chi connectivity index (χ3v) is 3.84. The first-order valence-corrected chi connectivity index (χ1v) is 7.71. The molecule has 0 aliphatic carbocycles. The minimum absolute atomic E-state index is 0.594. The van der Waals surface area contributed by atoms with Gasteiger partial charge in [0.1, 0.15) is 5.01 Å². The van der Waals surface area contributed by atoms with Gasteiger partial charge >= 0.3 is 0 Å². The summed E-state index contributed by atoms with van der Waals surface area (Å²) in [6.45, 7) is 5.03. The van der Waals surface area contributed by atoms with Crippen LogP contribution in [0.1, 0.15) is 24.4 Å². The Balaban J connectivity index is 1.98. The largest absolute Gasteiger partial charge is 0.493 e. The van der Waals surface area contributed by atoms with Gasteiger partial charge in [0, 0.05) is 13.0 Å². The predicted octanol–water partition coefficient (Wildman–Crippen LogP) is 3.37. The van der Waals surface area contributed by atoms with Crippen LogP contribution in [0.15, 0.2) is 18.2 Å². The van der Waals surface area contributed by atoms with Crippen LogP contribution in [0.2, 0.25) is 0 Å². The molecule has 0 fully saturated rings. The van der Waals surface area contributed by atoms with Crippen molar-refractivity contribution in [2.75, 3.05) is 19.5 Å². The summed E-state index contributed by atoms with van der Waals surface area (Å²) in [6.07, 6.45) is 0.968. The van der Waals surface area contributed by atoms with E-state index in [1.165, 1.54) is 0 Å². The van der Waals surface area contributed by atoms with Gasteiger partial charge in [0.05, 0.1) is 14.2 Å². The van der Waals surface area contributed by atoms with Crippen LogP contribution in [0.25, 0.3) is 0 Å². The fourth-order valence-corrected chi connectivity index (χ4v) is 2.87. The average molecular weight is 307 g/mol. The standard InChI is InChI=1S/C15H21N3O2S/c1-10(2)7-14-17-18-15(21-14)16-9-11-5-6-12(19-3)13(8-11)20-4/h5-6,8,10H,7,9H2,1-4H3,(H,16,18). The Morgan fingerprint density at radius 3 is 2.57 bits per heavy atom. The molecule has 1 N–H and O–H groups in total. The van der Waals surface area contributed by atoms with Crippen molar-refractivity contribution < 1.29 is 9.47 Å². The van der Waals surface area contributed by atoms with Crippen LogP contribution in [0.3, 0.4) is 0 Å². The highest BCUT2D eigenvalue weighted by atomic mass is 32.1. The van der Waals surface area contributed by atoms with Crippen LogP contribution in [0, 0.1) is 5.92 Å². The van der Waals surface area contributed by atoms with Gasteiger partial charge in [-0.25, -0.2) is 0 Å². The summed E-state index contributed by atoms with van der Waals surface area (Å²) in [5.41, 5.74) is 1.10. The summed E-state index contributed by atoms with van der Waals surface area (Å²) in [4.78, 5) is 0. The number of hydrogen-bond donors (Lipinski definition) is 1. The molecule has 0 saturated carbocycles. The van der Waals surface area contributed by atoms with Crippen molar-refractivity contribution in [1.82, 2.24) is 10.2 Å².